The molecule has 84 valence electrons. The van der Waals surface area contributed by atoms with Crippen molar-refractivity contribution in [3.8, 4) is 0 Å². The van der Waals surface area contributed by atoms with Gasteiger partial charge in [-0.1, -0.05) is 13.8 Å². The standard InChI is InChI=1S/C11H24N2S/c1-3-11(4-2)12-5-6-13-7-9-14-10-8-13/h11-12H,3-10H2,1-2H3. The topological polar surface area (TPSA) is 15.3 Å². The largest absolute Gasteiger partial charge is 0.313 e. The van der Waals surface area contributed by atoms with E-state index in [0.29, 0.717) is 0 Å². The summed E-state index contributed by atoms with van der Waals surface area (Å²) < 4.78 is 0. The first-order chi connectivity index (χ1) is 6.86. The summed E-state index contributed by atoms with van der Waals surface area (Å²) in [6.07, 6.45) is 2.51. The molecule has 0 aliphatic carbocycles. The van der Waals surface area contributed by atoms with E-state index in [1.807, 2.05) is 0 Å². The molecular formula is C11H24N2S. The number of rotatable bonds is 6. The Morgan fingerprint density at radius 1 is 1.21 bits per heavy atom. The maximum absolute atomic E-state index is 3.62. The van der Waals surface area contributed by atoms with Gasteiger partial charge in [0.2, 0.25) is 0 Å². The van der Waals surface area contributed by atoms with Crippen LogP contribution >= 0.6 is 11.8 Å². The molecule has 1 N–H and O–H groups in total. The van der Waals surface area contributed by atoms with Crippen LogP contribution < -0.4 is 5.32 Å². The van der Waals surface area contributed by atoms with Crippen LogP contribution in [0.5, 0.6) is 0 Å². The van der Waals surface area contributed by atoms with Crippen molar-refractivity contribution in [2.45, 2.75) is 32.7 Å². The number of thioether (sulfide) groups is 1. The number of nitrogens with zero attached hydrogens (tertiary/aromatic N) is 1. The van der Waals surface area contributed by atoms with Gasteiger partial charge in [-0.3, -0.25) is 0 Å². The van der Waals surface area contributed by atoms with Gasteiger partial charge in [0, 0.05) is 43.7 Å². The van der Waals surface area contributed by atoms with Crippen LogP contribution in [0.4, 0.5) is 0 Å². The summed E-state index contributed by atoms with van der Waals surface area (Å²) in [4.78, 5) is 2.58. The molecule has 2 nitrogen and oxygen atoms in total. The Labute approximate surface area is 92.8 Å². The second-order valence-electron chi connectivity index (χ2n) is 3.92. The quantitative estimate of drug-likeness (QED) is 0.729. The van der Waals surface area contributed by atoms with Crippen LogP contribution in [0.3, 0.4) is 0 Å². The average molecular weight is 216 g/mol. The van der Waals surface area contributed by atoms with Gasteiger partial charge in [-0.15, -0.1) is 0 Å². The van der Waals surface area contributed by atoms with E-state index in [-0.39, 0.29) is 0 Å². The van der Waals surface area contributed by atoms with Gasteiger partial charge in [-0.2, -0.15) is 11.8 Å². The van der Waals surface area contributed by atoms with Gasteiger partial charge in [0.05, 0.1) is 0 Å². The fraction of sp³-hybridized carbons (Fsp3) is 1.00. The van der Waals surface area contributed by atoms with Crippen LogP contribution in [0.25, 0.3) is 0 Å². The lowest BCUT2D eigenvalue weighted by atomic mass is 10.2. The fourth-order valence-corrected chi connectivity index (χ4v) is 2.81. The molecular weight excluding hydrogens is 192 g/mol. The van der Waals surface area contributed by atoms with E-state index in [0.717, 1.165) is 12.6 Å². The Bertz CT molecular complexity index is 131. The summed E-state index contributed by atoms with van der Waals surface area (Å²) >= 11 is 2.09. The lowest BCUT2D eigenvalue weighted by Crippen LogP contribution is -2.40. The van der Waals surface area contributed by atoms with E-state index in [4.69, 9.17) is 0 Å². The summed E-state index contributed by atoms with van der Waals surface area (Å²) in [5, 5.41) is 3.62. The molecule has 1 heterocycles. The highest BCUT2D eigenvalue weighted by atomic mass is 32.2. The molecule has 0 bridgehead atoms. The summed E-state index contributed by atoms with van der Waals surface area (Å²) in [6, 6.07) is 0.731. The maximum atomic E-state index is 3.62. The van der Waals surface area contributed by atoms with Crippen molar-refractivity contribution in [1.29, 1.82) is 0 Å². The number of hydrogen-bond donors (Lipinski definition) is 1. The van der Waals surface area contributed by atoms with Crippen LogP contribution in [0.2, 0.25) is 0 Å². The Morgan fingerprint density at radius 2 is 1.86 bits per heavy atom. The highest BCUT2D eigenvalue weighted by molar-refractivity contribution is 7.99. The van der Waals surface area contributed by atoms with E-state index in [1.165, 1.54) is 44.0 Å². The molecule has 1 saturated heterocycles. The molecule has 1 aliphatic rings. The van der Waals surface area contributed by atoms with E-state index in [2.05, 4.69) is 35.8 Å². The van der Waals surface area contributed by atoms with E-state index in [1.54, 1.807) is 0 Å². The molecule has 0 radical (unpaired) electrons. The molecule has 0 aromatic heterocycles. The van der Waals surface area contributed by atoms with Crippen molar-refractivity contribution in [3.05, 3.63) is 0 Å². The molecule has 0 saturated carbocycles. The van der Waals surface area contributed by atoms with Gasteiger partial charge in [-0.25, -0.2) is 0 Å². The van der Waals surface area contributed by atoms with Crippen LogP contribution in [-0.4, -0.2) is 48.6 Å². The van der Waals surface area contributed by atoms with E-state index < -0.39 is 0 Å². The molecule has 1 rings (SSSR count). The predicted molar refractivity (Wildman–Crippen MR) is 66.1 cm³/mol. The van der Waals surface area contributed by atoms with Crippen molar-refractivity contribution < 1.29 is 0 Å². The van der Waals surface area contributed by atoms with Crippen molar-refractivity contribution in [1.82, 2.24) is 10.2 Å². The van der Waals surface area contributed by atoms with Gasteiger partial charge in [0.15, 0.2) is 0 Å². The van der Waals surface area contributed by atoms with Crippen LogP contribution in [-0.2, 0) is 0 Å². The minimum Gasteiger partial charge on any atom is -0.313 e. The first-order valence-electron chi connectivity index (χ1n) is 5.90. The zero-order valence-electron chi connectivity index (χ0n) is 9.59. The van der Waals surface area contributed by atoms with Gasteiger partial charge in [0.25, 0.3) is 0 Å². The Kier molecular flexibility index (Phi) is 6.65. The molecule has 0 spiro atoms. The summed E-state index contributed by atoms with van der Waals surface area (Å²) in [5.41, 5.74) is 0. The second kappa shape index (κ2) is 7.55. The third-order valence-corrected chi connectivity index (χ3v) is 3.89. The molecule has 1 aliphatic heterocycles. The molecule has 1 fully saturated rings. The lowest BCUT2D eigenvalue weighted by Gasteiger charge is -2.27. The molecule has 0 unspecified atom stereocenters. The fourth-order valence-electron chi connectivity index (χ4n) is 1.83. The highest BCUT2D eigenvalue weighted by Gasteiger charge is 2.09. The van der Waals surface area contributed by atoms with Crippen molar-refractivity contribution in [3.63, 3.8) is 0 Å². The maximum Gasteiger partial charge on any atom is 0.0108 e. The number of nitrogens with one attached hydrogen (secondary N) is 1. The molecule has 14 heavy (non-hydrogen) atoms. The molecule has 0 atom stereocenters. The predicted octanol–water partition coefficient (Wildman–Crippen LogP) is 1.81. The van der Waals surface area contributed by atoms with Crippen LogP contribution in [0, 0.1) is 0 Å². The Morgan fingerprint density at radius 3 is 2.43 bits per heavy atom. The molecule has 0 amide bonds. The van der Waals surface area contributed by atoms with Crippen LogP contribution in [0.1, 0.15) is 26.7 Å². The third kappa shape index (κ3) is 4.67. The average Bonchev–Trinajstić information content (AvgIpc) is 2.26. The van der Waals surface area contributed by atoms with Gasteiger partial charge in [-0.05, 0) is 12.8 Å². The minimum absolute atomic E-state index is 0.731. The normalized spacial score (nSPS) is 19.1. The summed E-state index contributed by atoms with van der Waals surface area (Å²) in [7, 11) is 0. The molecule has 3 heteroatoms. The lowest BCUT2D eigenvalue weighted by molar-refractivity contribution is 0.293. The molecule has 0 aromatic carbocycles. The SMILES string of the molecule is CCC(CC)NCCN1CCSCC1. The summed E-state index contributed by atoms with van der Waals surface area (Å²) in [6.45, 7) is 9.50. The van der Waals surface area contributed by atoms with Crippen molar-refractivity contribution in [2.24, 2.45) is 0 Å². The van der Waals surface area contributed by atoms with E-state index >= 15 is 0 Å². The third-order valence-electron chi connectivity index (χ3n) is 2.95. The zero-order chi connectivity index (χ0) is 10.2. The number of hydrogen-bond acceptors (Lipinski definition) is 3. The monoisotopic (exact) mass is 216 g/mol. The van der Waals surface area contributed by atoms with Gasteiger partial charge in [0.1, 0.15) is 0 Å². The van der Waals surface area contributed by atoms with Gasteiger partial charge >= 0.3 is 0 Å². The van der Waals surface area contributed by atoms with Crippen molar-refractivity contribution >= 4 is 11.8 Å². The van der Waals surface area contributed by atoms with Crippen LogP contribution in [0.15, 0.2) is 0 Å². The smallest absolute Gasteiger partial charge is 0.0108 e. The zero-order valence-corrected chi connectivity index (χ0v) is 10.4. The Hall–Kier alpha value is 0.270. The molecule has 0 aromatic rings. The summed E-state index contributed by atoms with van der Waals surface area (Å²) in [5.74, 6) is 2.65. The highest BCUT2D eigenvalue weighted by Crippen LogP contribution is 2.08. The Balaban J connectivity index is 2.01. The van der Waals surface area contributed by atoms with Gasteiger partial charge < -0.3 is 10.2 Å². The van der Waals surface area contributed by atoms with Crippen molar-refractivity contribution in [2.75, 3.05) is 37.7 Å². The second-order valence-corrected chi connectivity index (χ2v) is 5.15. The van der Waals surface area contributed by atoms with E-state index in [9.17, 15) is 0 Å². The minimum atomic E-state index is 0.731. The first kappa shape index (κ1) is 12.3. The first-order valence-corrected chi connectivity index (χ1v) is 7.05.